The fraction of sp³-hybridized carbons (Fsp3) is 1.00. The Balaban J connectivity index is 3.09. The average molecular weight is 134 g/mol. The van der Waals surface area contributed by atoms with Gasteiger partial charge in [0.05, 0.1) is 0 Å². The van der Waals surface area contributed by atoms with E-state index in [1.807, 2.05) is 0 Å². The van der Waals surface area contributed by atoms with Crippen LogP contribution in [0.3, 0.4) is 0 Å². The largest absolute Gasteiger partial charge is 0.314 e. The molecule has 1 fully saturated rings. The van der Waals surface area contributed by atoms with Crippen LogP contribution in [-0.4, -0.2) is 37.0 Å². The summed E-state index contributed by atoms with van der Waals surface area (Å²) in [7, 11) is 0. The van der Waals surface area contributed by atoms with Crippen LogP contribution in [0.2, 0.25) is 1.41 Å². The highest BCUT2D eigenvalue weighted by Crippen LogP contribution is 1.97. The van der Waals surface area contributed by atoms with Gasteiger partial charge in [0, 0.05) is 39.0 Å². The molecule has 0 aliphatic carbocycles. The first-order valence-electron chi connectivity index (χ1n) is 6.12. The predicted molar refractivity (Wildman–Crippen MR) is 39.6 cm³/mol. The summed E-state index contributed by atoms with van der Waals surface area (Å²) < 4.78 is 45.6. The van der Waals surface area contributed by atoms with Crippen LogP contribution in [0.5, 0.6) is 0 Å². The summed E-state index contributed by atoms with van der Waals surface area (Å²) in [5.41, 5.74) is 0. The van der Waals surface area contributed by atoms with Crippen molar-refractivity contribution >= 4 is 0 Å². The molecular formula is C7H16N2. The molecule has 1 saturated heterocycles. The molecule has 2 heteroatoms. The van der Waals surface area contributed by atoms with Crippen molar-refractivity contribution in [2.75, 3.05) is 26.1 Å². The molecule has 0 aromatic carbocycles. The van der Waals surface area contributed by atoms with Crippen molar-refractivity contribution in [1.82, 2.24) is 10.2 Å². The molecule has 54 valence electrons. The summed E-state index contributed by atoms with van der Waals surface area (Å²) >= 11 is 0. The summed E-state index contributed by atoms with van der Waals surface area (Å²) in [6.45, 7) is -2.32. The Kier molecular flexibility index (Phi) is 0.888. The SMILES string of the molecule is [2H]C1CN([2H])C([2H])([2H])C([2H])([2H])N1C(C)C. The summed E-state index contributed by atoms with van der Waals surface area (Å²) in [6.07, 6.45) is 0. The Morgan fingerprint density at radius 1 is 1.78 bits per heavy atom. The third-order valence-electron chi connectivity index (χ3n) is 1.18. The molecule has 0 aromatic heterocycles. The van der Waals surface area contributed by atoms with Crippen molar-refractivity contribution in [2.45, 2.75) is 19.9 Å². The number of nitrogens with one attached hydrogen (secondary N) is 1. The molecule has 1 rings (SSSR count). The van der Waals surface area contributed by atoms with Crippen molar-refractivity contribution in [3.8, 4) is 0 Å². The van der Waals surface area contributed by atoms with Crippen molar-refractivity contribution < 1.29 is 8.27 Å². The fourth-order valence-corrected chi connectivity index (χ4v) is 0.653. The van der Waals surface area contributed by atoms with Gasteiger partial charge in [-0.15, -0.1) is 0 Å². The van der Waals surface area contributed by atoms with Crippen LogP contribution >= 0.6 is 0 Å². The zero-order valence-electron chi connectivity index (χ0n) is 11.8. The van der Waals surface area contributed by atoms with Crippen molar-refractivity contribution in [3.63, 3.8) is 0 Å². The van der Waals surface area contributed by atoms with E-state index in [1.54, 1.807) is 13.8 Å². The number of hydrogen-bond acceptors (Lipinski definition) is 2. The maximum atomic E-state index is 7.71. The first-order valence-corrected chi connectivity index (χ1v) is 3.09. The Morgan fingerprint density at radius 2 is 2.56 bits per heavy atom. The van der Waals surface area contributed by atoms with Crippen LogP contribution < -0.4 is 5.31 Å². The van der Waals surface area contributed by atoms with Gasteiger partial charge < -0.3 is 5.31 Å². The van der Waals surface area contributed by atoms with Gasteiger partial charge in [0.2, 0.25) is 0 Å². The van der Waals surface area contributed by atoms with Crippen LogP contribution in [0.15, 0.2) is 0 Å². The molecule has 1 N–H and O–H groups in total. The minimum atomic E-state index is -2.39. The molecule has 1 atom stereocenters. The van der Waals surface area contributed by atoms with Gasteiger partial charge in [-0.3, -0.25) is 4.90 Å². The standard InChI is InChI=1S/C7H16N2/c1-7(2)9-5-3-8-4-6-9/h7-8H,3-6H2,1-2H3/i3D2,5D2,6D/hD. The van der Waals surface area contributed by atoms with Gasteiger partial charge in [0.15, 0.2) is 0 Å². The molecule has 0 amide bonds. The van der Waals surface area contributed by atoms with Crippen molar-refractivity contribution in [2.24, 2.45) is 0 Å². The van der Waals surface area contributed by atoms with Gasteiger partial charge in [-0.05, 0) is 13.8 Å². The lowest BCUT2D eigenvalue weighted by atomic mass is 10.3. The zero-order valence-corrected chi connectivity index (χ0v) is 5.76. The lowest BCUT2D eigenvalue weighted by Gasteiger charge is -2.30. The molecule has 1 aliphatic rings. The number of piperazine rings is 1. The zero-order chi connectivity index (χ0) is 12.0. The summed E-state index contributed by atoms with van der Waals surface area (Å²) in [5.74, 6) is 0. The molecular weight excluding hydrogens is 112 g/mol. The van der Waals surface area contributed by atoms with Crippen LogP contribution in [-0.2, 0) is 0 Å². The van der Waals surface area contributed by atoms with E-state index in [-0.39, 0.29) is 12.6 Å². The second-order valence-corrected chi connectivity index (χ2v) is 2.25. The number of hydrogen-bond donors (Lipinski definition) is 1. The van der Waals surface area contributed by atoms with E-state index in [2.05, 4.69) is 0 Å². The van der Waals surface area contributed by atoms with E-state index >= 15 is 0 Å². The minimum absolute atomic E-state index is 0.120. The van der Waals surface area contributed by atoms with Crippen LogP contribution in [0.1, 0.15) is 20.7 Å². The van der Waals surface area contributed by atoms with Crippen LogP contribution in [0.25, 0.3) is 0 Å². The highest BCUT2D eigenvalue weighted by Gasteiger charge is 2.11. The topological polar surface area (TPSA) is 15.3 Å². The average Bonchev–Trinajstić information content (AvgIpc) is 1.99. The molecule has 1 aliphatic heterocycles. The smallest absolute Gasteiger partial charge is 0.122 e. The molecule has 0 spiro atoms. The van der Waals surface area contributed by atoms with Gasteiger partial charge in [-0.1, -0.05) is 0 Å². The van der Waals surface area contributed by atoms with Gasteiger partial charge in [-0.2, -0.15) is 0 Å². The summed E-state index contributed by atoms with van der Waals surface area (Å²) in [5, 5.41) is 0.517. The molecule has 0 aromatic rings. The maximum Gasteiger partial charge on any atom is 0.122 e. The van der Waals surface area contributed by atoms with Gasteiger partial charge in [0.1, 0.15) is 1.41 Å². The lowest BCUT2D eigenvalue weighted by Crippen LogP contribution is -2.46. The summed E-state index contributed by atoms with van der Waals surface area (Å²) in [6, 6.07) is -0.272. The predicted octanol–water partition coefficient (Wildman–Crippen LogP) is 0.300. The molecule has 0 radical (unpaired) electrons. The Morgan fingerprint density at radius 3 is 3.22 bits per heavy atom. The third-order valence-corrected chi connectivity index (χ3v) is 1.18. The molecule has 1 heterocycles. The Hall–Kier alpha value is -0.0800. The monoisotopic (exact) mass is 134 g/mol. The van der Waals surface area contributed by atoms with Gasteiger partial charge >= 0.3 is 0 Å². The van der Waals surface area contributed by atoms with Crippen LogP contribution in [0.4, 0.5) is 0 Å². The molecule has 0 saturated carbocycles. The normalized spacial score (nSPS) is 54.3. The highest BCUT2D eigenvalue weighted by molar-refractivity contribution is 4.69. The van der Waals surface area contributed by atoms with Crippen LogP contribution in [0, 0.1) is 0 Å². The minimum Gasteiger partial charge on any atom is -0.314 e. The molecule has 9 heavy (non-hydrogen) atoms. The van der Waals surface area contributed by atoms with E-state index in [0.29, 0.717) is 5.31 Å². The first kappa shape index (κ1) is 2.51. The second kappa shape index (κ2) is 3.18. The maximum absolute atomic E-state index is 7.71. The fourth-order valence-electron chi connectivity index (χ4n) is 0.653. The third kappa shape index (κ3) is 1.95. The van der Waals surface area contributed by atoms with E-state index in [0.717, 1.165) is 4.90 Å². The van der Waals surface area contributed by atoms with E-state index < -0.39 is 19.5 Å². The van der Waals surface area contributed by atoms with Crippen molar-refractivity contribution in [1.29, 1.82) is 0 Å². The van der Waals surface area contributed by atoms with E-state index in [1.165, 1.54) is 0 Å². The Bertz CT molecular complexity index is 244. The molecule has 1 unspecified atom stereocenters. The number of nitrogens with zero attached hydrogens (tertiary/aromatic N) is 1. The quantitative estimate of drug-likeness (QED) is 0.555. The summed E-state index contributed by atoms with van der Waals surface area (Å²) in [4.78, 5) is 1.16. The van der Waals surface area contributed by atoms with E-state index in [9.17, 15) is 0 Å². The second-order valence-electron chi connectivity index (χ2n) is 2.25. The van der Waals surface area contributed by atoms with Gasteiger partial charge in [-0.25, -0.2) is 0 Å². The van der Waals surface area contributed by atoms with Crippen molar-refractivity contribution in [3.05, 3.63) is 0 Å². The highest BCUT2D eigenvalue weighted by atomic mass is 15.2. The number of rotatable bonds is 1. The Labute approximate surface area is 65.7 Å². The lowest BCUT2D eigenvalue weighted by molar-refractivity contribution is 0.196. The van der Waals surface area contributed by atoms with E-state index in [4.69, 9.17) is 8.27 Å². The first-order chi connectivity index (χ1) is 6.62. The molecule has 0 bridgehead atoms. The molecule has 2 nitrogen and oxygen atoms in total. The van der Waals surface area contributed by atoms with Gasteiger partial charge in [0.25, 0.3) is 0 Å².